The van der Waals surface area contributed by atoms with Gasteiger partial charge in [-0.1, -0.05) is 109 Å². The number of anilines is 3. The van der Waals surface area contributed by atoms with Crippen LogP contribution < -0.4 is 4.90 Å². The summed E-state index contributed by atoms with van der Waals surface area (Å²) in [7, 11) is 0. The zero-order chi connectivity index (χ0) is 33.3. The quantitative estimate of drug-likeness (QED) is 0.174. The summed E-state index contributed by atoms with van der Waals surface area (Å²) >= 11 is 0. The minimum atomic E-state index is 0.812. The molecule has 0 atom stereocenters. The van der Waals surface area contributed by atoms with Gasteiger partial charge in [-0.2, -0.15) is 0 Å². The molecule has 0 saturated carbocycles. The van der Waals surface area contributed by atoms with E-state index in [2.05, 4.69) is 143 Å². The van der Waals surface area contributed by atoms with Crippen molar-refractivity contribution in [1.29, 1.82) is 0 Å². The topological polar surface area (TPSA) is 46.8 Å². The van der Waals surface area contributed by atoms with Crippen LogP contribution in [0.4, 0.5) is 17.1 Å². The zero-order valence-corrected chi connectivity index (χ0v) is 27.1. The monoisotopic (exact) mass is 641 g/mol. The summed E-state index contributed by atoms with van der Waals surface area (Å²) in [5.74, 6) is 0.812. The molecular weight excluding hydrogens is 611 g/mol. The first-order chi connectivity index (χ1) is 24.8. The van der Waals surface area contributed by atoms with E-state index in [4.69, 9.17) is 15.0 Å². The molecular formula is C45H31N5. The van der Waals surface area contributed by atoms with E-state index in [9.17, 15) is 0 Å². The molecule has 3 heterocycles. The van der Waals surface area contributed by atoms with Crippen molar-refractivity contribution in [3.8, 4) is 39.6 Å². The van der Waals surface area contributed by atoms with Crippen LogP contribution in [0, 0.1) is 0 Å². The Kier molecular flexibility index (Phi) is 7.41. The van der Waals surface area contributed by atoms with Crippen LogP contribution in [0.2, 0.25) is 0 Å². The van der Waals surface area contributed by atoms with Crippen molar-refractivity contribution in [2.75, 3.05) is 4.90 Å². The number of nitrogens with zero attached hydrogens (tertiary/aromatic N) is 5. The molecule has 9 rings (SSSR count). The fourth-order valence-electron chi connectivity index (χ4n) is 6.66. The maximum atomic E-state index is 4.96. The molecule has 9 aromatic rings. The van der Waals surface area contributed by atoms with E-state index in [1.807, 2.05) is 54.9 Å². The number of imidazole rings is 1. The van der Waals surface area contributed by atoms with Crippen LogP contribution in [-0.4, -0.2) is 19.5 Å². The summed E-state index contributed by atoms with van der Waals surface area (Å²) in [4.78, 5) is 17.0. The van der Waals surface area contributed by atoms with Gasteiger partial charge in [0.1, 0.15) is 5.69 Å². The normalized spacial score (nSPS) is 11.2. The van der Waals surface area contributed by atoms with E-state index >= 15 is 0 Å². The van der Waals surface area contributed by atoms with Gasteiger partial charge in [-0.15, -0.1) is 0 Å². The van der Waals surface area contributed by atoms with Crippen molar-refractivity contribution >= 4 is 38.9 Å². The number of aromatic nitrogens is 4. The number of benzene rings is 6. The Morgan fingerprint density at radius 2 is 1.04 bits per heavy atom. The summed E-state index contributed by atoms with van der Waals surface area (Å²) in [5, 5.41) is 2.42. The first kappa shape index (κ1) is 29.3. The average molecular weight is 642 g/mol. The Labute approximate surface area is 290 Å². The van der Waals surface area contributed by atoms with E-state index < -0.39 is 0 Å². The van der Waals surface area contributed by atoms with Gasteiger partial charge in [-0.25, -0.2) is 4.98 Å². The van der Waals surface area contributed by atoms with E-state index in [-0.39, 0.29) is 0 Å². The minimum absolute atomic E-state index is 0.812. The molecule has 0 aliphatic carbocycles. The highest BCUT2D eigenvalue weighted by Gasteiger charge is 2.17. The molecule has 6 aromatic carbocycles. The Morgan fingerprint density at radius 3 is 1.78 bits per heavy atom. The third kappa shape index (κ3) is 5.37. The number of hydrogen-bond acceptors (Lipinski definition) is 4. The highest BCUT2D eigenvalue weighted by Crippen LogP contribution is 2.39. The van der Waals surface area contributed by atoms with Crippen molar-refractivity contribution in [1.82, 2.24) is 19.5 Å². The summed E-state index contributed by atoms with van der Waals surface area (Å²) in [6.07, 6.45) is 3.83. The van der Waals surface area contributed by atoms with Crippen LogP contribution in [0.3, 0.4) is 0 Å². The summed E-state index contributed by atoms with van der Waals surface area (Å²) in [6, 6.07) is 61.0. The van der Waals surface area contributed by atoms with Gasteiger partial charge in [0.15, 0.2) is 5.82 Å². The lowest BCUT2D eigenvalue weighted by molar-refractivity contribution is 1.08. The van der Waals surface area contributed by atoms with Crippen LogP contribution in [0.15, 0.2) is 188 Å². The Balaban J connectivity index is 0.998. The predicted octanol–water partition coefficient (Wildman–Crippen LogP) is 11.4. The summed E-state index contributed by atoms with van der Waals surface area (Å²) in [5.41, 5.74) is 11.2. The number of para-hydroxylation sites is 4. The van der Waals surface area contributed by atoms with E-state index in [1.165, 1.54) is 10.8 Å². The third-order valence-electron chi connectivity index (χ3n) is 9.11. The summed E-state index contributed by atoms with van der Waals surface area (Å²) in [6.45, 7) is 0. The molecule has 5 heteroatoms. The Hall–Kier alpha value is -6.85. The van der Waals surface area contributed by atoms with Crippen LogP contribution in [0.5, 0.6) is 0 Å². The zero-order valence-electron chi connectivity index (χ0n) is 27.1. The summed E-state index contributed by atoms with van der Waals surface area (Å²) < 4.78 is 2.17. The van der Waals surface area contributed by atoms with Crippen molar-refractivity contribution < 1.29 is 0 Å². The van der Waals surface area contributed by atoms with Gasteiger partial charge in [0.05, 0.1) is 22.4 Å². The van der Waals surface area contributed by atoms with E-state index in [1.54, 1.807) is 0 Å². The third-order valence-corrected chi connectivity index (χ3v) is 9.11. The number of fused-ring (bicyclic) bond motifs is 2. The average Bonchev–Trinajstić information content (AvgIpc) is 3.59. The predicted molar refractivity (Wildman–Crippen MR) is 205 cm³/mol. The molecule has 0 N–H and O–H groups in total. The van der Waals surface area contributed by atoms with Gasteiger partial charge in [0, 0.05) is 51.5 Å². The smallest absolute Gasteiger partial charge is 0.164 e. The second-order valence-corrected chi connectivity index (χ2v) is 12.2. The lowest BCUT2D eigenvalue weighted by Gasteiger charge is -2.27. The maximum absolute atomic E-state index is 4.96. The SMILES string of the molecule is c1ccc(N(c2ccc(-c3ccc(-c4ccc(-c5nc6ccccc6n5-c5ccccc5)nc4)cn3)cc2)c2cccc3ccccc23)cc1. The molecule has 0 radical (unpaired) electrons. The first-order valence-electron chi connectivity index (χ1n) is 16.7. The molecule has 0 saturated heterocycles. The molecule has 0 bridgehead atoms. The van der Waals surface area contributed by atoms with Crippen molar-refractivity contribution in [2.45, 2.75) is 0 Å². The van der Waals surface area contributed by atoms with Gasteiger partial charge in [-0.3, -0.25) is 14.5 Å². The number of hydrogen-bond donors (Lipinski definition) is 0. The molecule has 0 aliphatic rings. The standard InChI is InChI=1S/C45H31N5/c1-3-14-36(15-4-1)49(43-21-11-13-32-12-7-8-18-39(32)43)38-26-22-33(23-27-38)40-28-24-34(30-46-40)35-25-29-42(47-31-35)45-48-41-19-9-10-20-44(41)50(45)37-16-5-2-6-17-37/h1-31H. The van der Waals surface area contributed by atoms with Crippen LogP contribution in [0.1, 0.15) is 0 Å². The molecule has 0 fully saturated rings. The van der Waals surface area contributed by atoms with Crippen molar-refractivity contribution in [3.05, 3.63) is 188 Å². The molecule has 236 valence electrons. The highest BCUT2D eigenvalue weighted by molar-refractivity contribution is 5.99. The van der Waals surface area contributed by atoms with Crippen LogP contribution >= 0.6 is 0 Å². The van der Waals surface area contributed by atoms with E-state index in [0.29, 0.717) is 0 Å². The molecule has 3 aromatic heterocycles. The van der Waals surface area contributed by atoms with Gasteiger partial charge < -0.3 is 4.90 Å². The number of pyridine rings is 2. The van der Waals surface area contributed by atoms with Crippen molar-refractivity contribution in [2.24, 2.45) is 0 Å². The minimum Gasteiger partial charge on any atom is -0.310 e. The van der Waals surface area contributed by atoms with Crippen LogP contribution in [0.25, 0.3) is 61.4 Å². The maximum Gasteiger partial charge on any atom is 0.164 e. The molecule has 0 aliphatic heterocycles. The molecule has 0 amide bonds. The fraction of sp³-hybridized carbons (Fsp3) is 0. The Bertz CT molecular complexity index is 2550. The lowest BCUT2D eigenvalue weighted by Crippen LogP contribution is -2.10. The van der Waals surface area contributed by atoms with Gasteiger partial charge in [0.25, 0.3) is 0 Å². The second kappa shape index (κ2) is 12.6. The molecule has 50 heavy (non-hydrogen) atoms. The van der Waals surface area contributed by atoms with E-state index in [0.717, 1.165) is 67.7 Å². The lowest BCUT2D eigenvalue weighted by atomic mass is 10.0. The molecule has 5 nitrogen and oxygen atoms in total. The number of rotatable bonds is 7. The fourth-order valence-corrected chi connectivity index (χ4v) is 6.66. The molecule has 0 unspecified atom stereocenters. The van der Waals surface area contributed by atoms with Crippen molar-refractivity contribution in [3.63, 3.8) is 0 Å². The first-order valence-corrected chi connectivity index (χ1v) is 16.7. The second-order valence-electron chi connectivity index (χ2n) is 12.2. The highest BCUT2D eigenvalue weighted by atomic mass is 15.1. The molecule has 0 spiro atoms. The van der Waals surface area contributed by atoms with Gasteiger partial charge >= 0.3 is 0 Å². The largest absolute Gasteiger partial charge is 0.310 e. The van der Waals surface area contributed by atoms with Crippen LogP contribution in [-0.2, 0) is 0 Å². The Morgan fingerprint density at radius 1 is 0.440 bits per heavy atom. The van der Waals surface area contributed by atoms with Gasteiger partial charge in [-0.05, 0) is 72.1 Å². The van der Waals surface area contributed by atoms with Gasteiger partial charge in [0.2, 0.25) is 0 Å².